The lowest BCUT2D eigenvalue weighted by molar-refractivity contribution is 0.0522. The van der Waals surface area contributed by atoms with Crippen molar-refractivity contribution in [3.05, 3.63) is 77.1 Å². The molecular formula is C22H24N4O2S. The number of aromatic amines is 1. The second-order valence-corrected chi connectivity index (χ2v) is 8.02. The van der Waals surface area contributed by atoms with Gasteiger partial charge in [-0.1, -0.05) is 71.5 Å². The Kier molecular flexibility index (Phi) is 6.59. The SMILES string of the molecule is OC(CO/N=C1\CCCc2ccccc21)CSc1n[nH]c(Cc2ccccc2)n1. The van der Waals surface area contributed by atoms with Crippen LogP contribution in [0.1, 0.15) is 35.4 Å². The van der Waals surface area contributed by atoms with Crippen LogP contribution >= 0.6 is 11.8 Å². The van der Waals surface area contributed by atoms with Crippen molar-refractivity contribution in [2.24, 2.45) is 5.16 Å². The molecule has 150 valence electrons. The van der Waals surface area contributed by atoms with Crippen molar-refractivity contribution in [2.45, 2.75) is 36.9 Å². The minimum Gasteiger partial charge on any atom is -0.393 e. The Bertz CT molecular complexity index is 958. The molecule has 0 bridgehead atoms. The van der Waals surface area contributed by atoms with Crippen molar-refractivity contribution < 1.29 is 9.94 Å². The molecule has 1 heterocycles. The first kappa shape index (κ1) is 19.7. The molecular weight excluding hydrogens is 384 g/mol. The molecule has 7 heteroatoms. The van der Waals surface area contributed by atoms with E-state index in [0.717, 1.165) is 36.4 Å². The van der Waals surface area contributed by atoms with Gasteiger partial charge in [0.25, 0.3) is 0 Å². The van der Waals surface area contributed by atoms with Gasteiger partial charge in [-0.05, 0) is 30.4 Å². The number of H-pyrrole nitrogens is 1. The summed E-state index contributed by atoms with van der Waals surface area (Å²) in [7, 11) is 0. The Balaban J connectivity index is 1.23. The molecule has 0 saturated carbocycles. The number of benzene rings is 2. The zero-order chi connectivity index (χ0) is 19.9. The topological polar surface area (TPSA) is 83.4 Å². The normalized spacial score (nSPS) is 15.8. The molecule has 1 aliphatic carbocycles. The van der Waals surface area contributed by atoms with Gasteiger partial charge in [-0.25, -0.2) is 4.98 Å². The van der Waals surface area contributed by atoms with Gasteiger partial charge in [0.1, 0.15) is 18.5 Å². The Morgan fingerprint density at radius 2 is 1.93 bits per heavy atom. The maximum absolute atomic E-state index is 10.2. The Morgan fingerprint density at radius 3 is 2.83 bits per heavy atom. The summed E-state index contributed by atoms with van der Waals surface area (Å²) in [4.78, 5) is 9.91. The van der Waals surface area contributed by atoms with Gasteiger partial charge in [0, 0.05) is 17.7 Å². The van der Waals surface area contributed by atoms with E-state index in [-0.39, 0.29) is 6.61 Å². The predicted molar refractivity (Wildman–Crippen MR) is 114 cm³/mol. The van der Waals surface area contributed by atoms with E-state index in [9.17, 15) is 5.11 Å². The van der Waals surface area contributed by atoms with Crippen molar-refractivity contribution >= 4 is 17.5 Å². The van der Waals surface area contributed by atoms with Gasteiger partial charge < -0.3 is 9.94 Å². The van der Waals surface area contributed by atoms with Crippen LogP contribution in [0, 0.1) is 0 Å². The van der Waals surface area contributed by atoms with E-state index in [2.05, 4.69) is 50.7 Å². The van der Waals surface area contributed by atoms with E-state index >= 15 is 0 Å². The number of nitrogens with one attached hydrogen (secondary N) is 1. The number of hydrogen-bond acceptors (Lipinski definition) is 6. The lowest BCUT2D eigenvalue weighted by atomic mass is 9.90. The zero-order valence-electron chi connectivity index (χ0n) is 16.1. The highest BCUT2D eigenvalue weighted by Gasteiger charge is 2.16. The van der Waals surface area contributed by atoms with E-state index in [1.165, 1.54) is 22.9 Å². The maximum atomic E-state index is 10.2. The Morgan fingerprint density at radius 1 is 1.10 bits per heavy atom. The number of aliphatic hydroxyl groups is 1. The zero-order valence-corrected chi connectivity index (χ0v) is 16.9. The molecule has 1 atom stereocenters. The summed E-state index contributed by atoms with van der Waals surface area (Å²) >= 11 is 1.40. The highest BCUT2D eigenvalue weighted by Crippen LogP contribution is 2.21. The van der Waals surface area contributed by atoms with Crippen LogP contribution in [0.25, 0.3) is 0 Å². The Hall–Kier alpha value is -2.64. The third-order valence-corrected chi connectivity index (χ3v) is 5.75. The molecule has 1 aliphatic rings. The summed E-state index contributed by atoms with van der Waals surface area (Å²) in [6.45, 7) is 0.153. The van der Waals surface area contributed by atoms with Crippen LogP contribution in [0.15, 0.2) is 64.9 Å². The van der Waals surface area contributed by atoms with Crippen molar-refractivity contribution in [3.63, 3.8) is 0 Å². The highest BCUT2D eigenvalue weighted by atomic mass is 32.2. The number of aromatic nitrogens is 3. The highest BCUT2D eigenvalue weighted by molar-refractivity contribution is 7.99. The molecule has 0 saturated heterocycles. The Labute approximate surface area is 174 Å². The van der Waals surface area contributed by atoms with Gasteiger partial charge >= 0.3 is 0 Å². The largest absolute Gasteiger partial charge is 0.393 e. The minimum atomic E-state index is -0.640. The van der Waals surface area contributed by atoms with Crippen LogP contribution in [0.5, 0.6) is 0 Å². The lowest BCUT2D eigenvalue weighted by Crippen LogP contribution is -2.18. The molecule has 0 radical (unpaired) electrons. The van der Waals surface area contributed by atoms with E-state index in [0.29, 0.717) is 17.3 Å². The van der Waals surface area contributed by atoms with E-state index in [1.54, 1.807) is 0 Å². The molecule has 2 N–H and O–H groups in total. The summed E-state index contributed by atoms with van der Waals surface area (Å²) in [6, 6.07) is 18.4. The number of fused-ring (bicyclic) bond motifs is 1. The van der Waals surface area contributed by atoms with Crippen molar-refractivity contribution in [1.29, 1.82) is 0 Å². The average molecular weight is 409 g/mol. The van der Waals surface area contributed by atoms with Crippen LogP contribution in [-0.2, 0) is 17.7 Å². The first-order chi connectivity index (χ1) is 14.3. The van der Waals surface area contributed by atoms with Gasteiger partial charge in [0.2, 0.25) is 5.16 Å². The third kappa shape index (κ3) is 5.46. The molecule has 4 rings (SSSR count). The number of hydrogen-bond donors (Lipinski definition) is 2. The fourth-order valence-electron chi connectivity index (χ4n) is 3.33. The first-order valence-corrected chi connectivity index (χ1v) is 10.8. The van der Waals surface area contributed by atoms with Gasteiger partial charge in [0.05, 0.1) is 5.71 Å². The number of thioether (sulfide) groups is 1. The average Bonchev–Trinajstić information content (AvgIpc) is 3.20. The van der Waals surface area contributed by atoms with Crippen LogP contribution in [0.3, 0.4) is 0 Å². The number of aliphatic hydroxyl groups excluding tert-OH is 1. The predicted octanol–water partition coefficient (Wildman–Crippen LogP) is 3.61. The number of oxime groups is 1. The molecule has 6 nitrogen and oxygen atoms in total. The summed E-state index contributed by atoms with van der Waals surface area (Å²) in [6.07, 6.45) is 3.13. The van der Waals surface area contributed by atoms with Crippen molar-refractivity contribution in [1.82, 2.24) is 15.2 Å². The van der Waals surface area contributed by atoms with Crippen molar-refractivity contribution in [2.75, 3.05) is 12.4 Å². The van der Waals surface area contributed by atoms with Gasteiger partial charge in [-0.2, -0.15) is 0 Å². The summed E-state index contributed by atoms with van der Waals surface area (Å²) in [5.41, 5.74) is 4.62. The maximum Gasteiger partial charge on any atom is 0.208 e. The molecule has 0 amide bonds. The van der Waals surface area contributed by atoms with Crippen LogP contribution in [-0.4, -0.2) is 44.5 Å². The summed E-state index contributed by atoms with van der Waals surface area (Å²) in [5, 5.41) is 22.3. The van der Waals surface area contributed by atoms with Crippen LogP contribution in [0.4, 0.5) is 0 Å². The smallest absolute Gasteiger partial charge is 0.208 e. The van der Waals surface area contributed by atoms with Gasteiger partial charge in [0.15, 0.2) is 0 Å². The number of nitrogens with zero attached hydrogens (tertiary/aromatic N) is 3. The van der Waals surface area contributed by atoms with E-state index in [1.807, 2.05) is 24.3 Å². The standard InChI is InChI=1S/C22H24N4O2S/c27-18(14-28-26-20-12-6-10-17-9-4-5-11-19(17)20)15-29-22-23-21(24-25-22)13-16-7-2-1-3-8-16/h1-5,7-9,11,18,27H,6,10,12-15H2,(H,23,24,25)/b26-20+. The third-order valence-electron chi connectivity index (χ3n) is 4.76. The van der Waals surface area contributed by atoms with Gasteiger partial charge in [-0.15, -0.1) is 5.10 Å². The van der Waals surface area contributed by atoms with Crippen molar-refractivity contribution in [3.8, 4) is 0 Å². The second kappa shape index (κ2) is 9.71. The fourth-order valence-corrected chi connectivity index (χ4v) is 4.05. The van der Waals surface area contributed by atoms with E-state index in [4.69, 9.17) is 4.84 Å². The van der Waals surface area contributed by atoms with Gasteiger partial charge in [-0.3, -0.25) is 5.10 Å². The summed E-state index contributed by atoms with van der Waals surface area (Å²) < 4.78 is 0. The lowest BCUT2D eigenvalue weighted by Gasteiger charge is -2.17. The first-order valence-electron chi connectivity index (χ1n) is 9.81. The molecule has 0 aliphatic heterocycles. The minimum absolute atomic E-state index is 0.153. The monoisotopic (exact) mass is 408 g/mol. The van der Waals surface area contributed by atoms with Crippen LogP contribution in [0.2, 0.25) is 0 Å². The van der Waals surface area contributed by atoms with Crippen LogP contribution < -0.4 is 0 Å². The number of rotatable bonds is 8. The molecule has 1 unspecified atom stereocenters. The second-order valence-electron chi connectivity index (χ2n) is 7.04. The van der Waals surface area contributed by atoms with E-state index < -0.39 is 6.10 Å². The molecule has 0 fully saturated rings. The quantitative estimate of drug-likeness (QED) is 0.439. The molecule has 29 heavy (non-hydrogen) atoms. The summed E-state index contributed by atoms with van der Waals surface area (Å²) in [5.74, 6) is 1.26. The number of aryl methyl sites for hydroxylation is 1. The fraction of sp³-hybridized carbons (Fsp3) is 0.318. The molecule has 2 aromatic carbocycles. The molecule has 0 spiro atoms. The molecule has 1 aromatic heterocycles. The molecule has 3 aromatic rings.